The van der Waals surface area contributed by atoms with Crippen LogP contribution in [0.2, 0.25) is 26.2 Å². The van der Waals surface area contributed by atoms with Crippen molar-refractivity contribution in [1.82, 2.24) is 0 Å². The standard InChI is InChI=1S/C24H40Si2.2Li/c1-9-13-15-19-25(5,6)21-23(17-11-3)24(18-12-4)22-26(7,8)20-16-14-10-2;;/h9-14,17-18H2,1-8H3;;/q-2;2*+1. The molecule has 0 aliphatic rings. The van der Waals surface area contributed by atoms with E-state index in [4.69, 9.17) is 0 Å². The van der Waals surface area contributed by atoms with Crippen LogP contribution in [0, 0.1) is 34.3 Å². The molecule has 146 valence electrons. The minimum Gasteiger partial charge on any atom is -0.374 e. The van der Waals surface area contributed by atoms with E-state index in [2.05, 4.69) is 88.2 Å². The van der Waals surface area contributed by atoms with E-state index in [1.165, 1.54) is 11.1 Å². The van der Waals surface area contributed by atoms with Gasteiger partial charge in [-0.05, 0) is 12.8 Å². The SMILES string of the molecule is CCCC#C[Si](C)(C)[C-]=C(CCC)C(=[C-][Si](C)(C)C#CCCC)CCC.[Li+].[Li+]. The van der Waals surface area contributed by atoms with Gasteiger partial charge in [-0.1, -0.05) is 66.7 Å². The minimum absolute atomic E-state index is 0. The van der Waals surface area contributed by atoms with Crippen LogP contribution < -0.4 is 37.7 Å². The van der Waals surface area contributed by atoms with Crippen LogP contribution in [0.15, 0.2) is 11.1 Å². The molecular weight excluding hydrogens is 358 g/mol. The van der Waals surface area contributed by atoms with Crippen molar-refractivity contribution in [2.24, 2.45) is 0 Å². The molecule has 0 aliphatic heterocycles. The molecular formula is C24H40Li2Si2. The summed E-state index contributed by atoms with van der Waals surface area (Å²) in [5.74, 6) is 6.74. The molecule has 0 aliphatic carbocycles. The third-order valence-electron chi connectivity index (χ3n) is 3.84. The van der Waals surface area contributed by atoms with Crippen molar-refractivity contribution in [2.75, 3.05) is 0 Å². The first-order valence-electron chi connectivity index (χ1n) is 10.5. The first-order valence-corrected chi connectivity index (χ1v) is 16.5. The number of unbranched alkanes of at least 4 members (excludes halogenated alkanes) is 2. The molecule has 28 heavy (non-hydrogen) atoms. The Morgan fingerprint density at radius 3 is 1.18 bits per heavy atom. The number of allylic oxidation sites excluding steroid dienone is 2. The average molecular weight is 399 g/mol. The summed E-state index contributed by atoms with van der Waals surface area (Å²) in [6.45, 7) is 18.2. The molecule has 0 N–H and O–H groups in total. The first kappa shape index (κ1) is 32.9. The largest absolute Gasteiger partial charge is 1.00 e. The number of hydrogen-bond acceptors (Lipinski definition) is 0. The first-order chi connectivity index (χ1) is 12.2. The summed E-state index contributed by atoms with van der Waals surface area (Å²) in [6, 6.07) is 0. The Hall–Kier alpha value is 0.229. The van der Waals surface area contributed by atoms with E-state index in [9.17, 15) is 0 Å². The molecule has 0 atom stereocenters. The molecule has 0 saturated heterocycles. The van der Waals surface area contributed by atoms with Gasteiger partial charge in [-0.15, -0.1) is 35.8 Å². The van der Waals surface area contributed by atoms with Crippen LogP contribution in [0.1, 0.15) is 79.1 Å². The van der Waals surface area contributed by atoms with Gasteiger partial charge in [0.05, 0.1) is 0 Å². The van der Waals surface area contributed by atoms with Crippen molar-refractivity contribution >= 4 is 16.1 Å². The normalized spacial score (nSPS) is 12.0. The molecule has 0 aromatic rings. The van der Waals surface area contributed by atoms with Crippen molar-refractivity contribution in [2.45, 2.75) is 105 Å². The van der Waals surface area contributed by atoms with Crippen LogP contribution in [-0.4, -0.2) is 16.1 Å². The van der Waals surface area contributed by atoms with E-state index in [0.717, 1.165) is 51.4 Å². The maximum absolute atomic E-state index is 3.88. The van der Waals surface area contributed by atoms with Gasteiger partial charge >= 0.3 is 37.7 Å². The quantitative estimate of drug-likeness (QED) is 0.237. The van der Waals surface area contributed by atoms with Crippen LogP contribution in [0.4, 0.5) is 0 Å². The van der Waals surface area contributed by atoms with Gasteiger partial charge in [-0.25, -0.2) is 0 Å². The Balaban J connectivity index is -0.00000312. The average Bonchev–Trinajstić information content (AvgIpc) is 2.54. The van der Waals surface area contributed by atoms with Crippen molar-refractivity contribution in [3.8, 4) is 22.9 Å². The van der Waals surface area contributed by atoms with E-state index < -0.39 is 16.1 Å². The van der Waals surface area contributed by atoms with E-state index in [0.29, 0.717) is 0 Å². The maximum Gasteiger partial charge on any atom is 1.00 e. The molecule has 0 saturated carbocycles. The van der Waals surface area contributed by atoms with Crippen molar-refractivity contribution in [1.29, 1.82) is 0 Å². The Morgan fingerprint density at radius 2 is 0.929 bits per heavy atom. The summed E-state index contributed by atoms with van der Waals surface area (Å²) in [4.78, 5) is 0. The predicted octanol–water partition coefficient (Wildman–Crippen LogP) is 1.23. The van der Waals surface area contributed by atoms with Gasteiger partial charge in [-0.3, -0.25) is 0 Å². The molecule has 0 radical (unpaired) electrons. The van der Waals surface area contributed by atoms with Gasteiger partial charge in [0.25, 0.3) is 0 Å². The molecule has 4 heteroatoms. The Kier molecular flexibility index (Phi) is 21.2. The van der Waals surface area contributed by atoms with Crippen molar-refractivity contribution in [3.05, 3.63) is 22.5 Å². The monoisotopic (exact) mass is 398 g/mol. The maximum atomic E-state index is 3.88. The van der Waals surface area contributed by atoms with Crippen molar-refractivity contribution < 1.29 is 37.7 Å². The fourth-order valence-corrected chi connectivity index (χ4v) is 6.03. The third kappa shape index (κ3) is 16.1. The van der Waals surface area contributed by atoms with Gasteiger partial charge in [0, 0.05) is 29.0 Å². The molecule has 0 heterocycles. The zero-order chi connectivity index (χ0) is 20.1. The second-order valence-corrected chi connectivity index (χ2v) is 15.6. The van der Waals surface area contributed by atoms with Gasteiger partial charge in [0.2, 0.25) is 0 Å². The Morgan fingerprint density at radius 1 is 0.607 bits per heavy atom. The smallest absolute Gasteiger partial charge is 0.374 e. The van der Waals surface area contributed by atoms with E-state index in [1.54, 1.807) is 0 Å². The molecule has 0 bridgehead atoms. The molecule has 0 aromatic carbocycles. The Labute approximate surface area is 203 Å². The second kappa shape index (κ2) is 18.0. The van der Waals surface area contributed by atoms with Crippen molar-refractivity contribution in [3.63, 3.8) is 0 Å². The van der Waals surface area contributed by atoms with E-state index in [1.807, 2.05) is 0 Å². The molecule has 0 unspecified atom stereocenters. The summed E-state index contributed by atoms with van der Waals surface area (Å²) >= 11 is 0. The van der Waals surface area contributed by atoms with E-state index >= 15 is 0 Å². The summed E-state index contributed by atoms with van der Waals surface area (Å²) in [5, 5.41) is 0. The zero-order valence-corrected chi connectivity index (χ0v) is 22.7. The molecule has 0 amide bonds. The van der Waals surface area contributed by atoms with Gasteiger partial charge < -0.3 is 22.5 Å². The third-order valence-corrected chi connectivity index (χ3v) is 7.30. The minimum atomic E-state index is -1.77. The fourth-order valence-electron chi connectivity index (χ4n) is 2.71. The summed E-state index contributed by atoms with van der Waals surface area (Å²) in [7, 11) is -3.54. The van der Waals surface area contributed by atoms with E-state index in [-0.39, 0.29) is 37.7 Å². The summed E-state index contributed by atoms with van der Waals surface area (Å²) in [5.41, 5.74) is 17.6. The Bertz CT molecular complexity index is 540. The number of rotatable bonds is 9. The second-order valence-electron chi connectivity index (χ2n) is 8.06. The van der Waals surface area contributed by atoms with Crippen LogP contribution in [0.25, 0.3) is 0 Å². The molecule has 0 nitrogen and oxygen atoms in total. The van der Waals surface area contributed by atoms with Crippen LogP contribution in [0.5, 0.6) is 0 Å². The predicted molar refractivity (Wildman–Crippen MR) is 124 cm³/mol. The molecule has 0 fully saturated rings. The zero-order valence-electron chi connectivity index (χ0n) is 20.7. The number of hydrogen-bond donors (Lipinski definition) is 0. The fraction of sp³-hybridized carbons (Fsp3) is 0.667. The molecule has 0 aromatic heterocycles. The van der Waals surface area contributed by atoms with Gasteiger partial charge in [0.15, 0.2) is 0 Å². The molecule has 0 rings (SSSR count). The molecule has 0 spiro atoms. The topological polar surface area (TPSA) is 0 Å². The summed E-state index contributed by atoms with van der Waals surface area (Å²) < 4.78 is 0. The van der Waals surface area contributed by atoms with Crippen LogP contribution in [0.3, 0.4) is 0 Å². The van der Waals surface area contributed by atoms with Crippen LogP contribution in [-0.2, 0) is 0 Å². The van der Waals surface area contributed by atoms with Crippen LogP contribution >= 0.6 is 0 Å². The summed E-state index contributed by atoms with van der Waals surface area (Å²) in [6.07, 6.45) is 8.72. The van der Waals surface area contributed by atoms with Gasteiger partial charge in [-0.2, -0.15) is 0 Å². The van der Waals surface area contributed by atoms with Gasteiger partial charge in [0.1, 0.15) is 0 Å².